The summed E-state index contributed by atoms with van der Waals surface area (Å²) >= 11 is 0. The molecule has 144 valence electrons. The second-order valence-corrected chi connectivity index (χ2v) is 6.72. The molecule has 1 aromatic rings. The van der Waals surface area contributed by atoms with E-state index in [0.29, 0.717) is 30.6 Å². The molecule has 1 aromatic carbocycles. The number of nitrogens with zero attached hydrogens (tertiary/aromatic N) is 1. The molecule has 0 saturated heterocycles. The Hall–Kier alpha value is -2.24. The van der Waals surface area contributed by atoms with Crippen LogP contribution in [0.3, 0.4) is 0 Å². The summed E-state index contributed by atoms with van der Waals surface area (Å²) in [4.78, 5) is 26.0. The number of benzene rings is 1. The molecule has 1 aliphatic rings. The van der Waals surface area contributed by atoms with Crippen LogP contribution in [0.25, 0.3) is 0 Å². The molecule has 0 radical (unpaired) electrons. The zero-order valence-corrected chi connectivity index (χ0v) is 16.0. The Morgan fingerprint density at radius 2 is 1.81 bits per heavy atom. The van der Waals surface area contributed by atoms with Crippen molar-refractivity contribution in [1.82, 2.24) is 10.2 Å². The molecule has 1 saturated carbocycles. The SMILES string of the molecule is COc1ccc(CC(=O)NCCN(C(C)=O)C2CCCCC2)cc1OC. The number of ether oxygens (including phenoxy) is 2. The maximum absolute atomic E-state index is 12.2. The minimum atomic E-state index is -0.0654. The third-order valence-corrected chi connectivity index (χ3v) is 4.91. The second-order valence-electron chi connectivity index (χ2n) is 6.72. The van der Waals surface area contributed by atoms with Crippen molar-refractivity contribution in [2.45, 2.75) is 51.5 Å². The number of amides is 2. The van der Waals surface area contributed by atoms with E-state index >= 15 is 0 Å². The highest BCUT2D eigenvalue weighted by Crippen LogP contribution is 2.27. The zero-order chi connectivity index (χ0) is 18.9. The maximum atomic E-state index is 12.2. The molecule has 2 amide bonds. The molecule has 2 rings (SSSR count). The number of methoxy groups -OCH3 is 2. The standard InChI is InChI=1S/C20H30N2O4/c1-15(23)22(17-7-5-4-6-8-17)12-11-21-20(24)14-16-9-10-18(25-2)19(13-16)26-3/h9-10,13,17H,4-8,11-12,14H2,1-3H3,(H,21,24). The first-order valence-corrected chi connectivity index (χ1v) is 9.30. The molecule has 6 heteroatoms. The highest BCUT2D eigenvalue weighted by Gasteiger charge is 2.22. The Morgan fingerprint density at radius 3 is 2.42 bits per heavy atom. The summed E-state index contributed by atoms with van der Waals surface area (Å²) in [5.41, 5.74) is 0.857. The minimum absolute atomic E-state index is 0.0654. The Kier molecular flexibility index (Phi) is 7.75. The van der Waals surface area contributed by atoms with Crippen LogP contribution in [0.5, 0.6) is 11.5 Å². The van der Waals surface area contributed by atoms with Gasteiger partial charge in [-0.1, -0.05) is 25.3 Å². The molecule has 1 fully saturated rings. The minimum Gasteiger partial charge on any atom is -0.493 e. The molecule has 0 unspecified atom stereocenters. The van der Waals surface area contributed by atoms with E-state index in [-0.39, 0.29) is 18.2 Å². The van der Waals surface area contributed by atoms with Gasteiger partial charge in [-0.3, -0.25) is 9.59 Å². The summed E-state index contributed by atoms with van der Waals surface area (Å²) < 4.78 is 10.5. The van der Waals surface area contributed by atoms with Gasteiger partial charge in [0.15, 0.2) is 11.5 Å². The molecule has 0 spiro atoms. The van der Waals surface area contributed by atoms with Crippen LogP contribution in [0.4, 0.5) is 0 Å². The van der Waals surface area contributed by atoms with Gasteiger partial charge in [0.25, 0.3) is 0 Å². The van der Waals surface area contributed by atoms with Crippen molar-refractivity contribution in [3.8, 4) is 11.5 Å². The first-order valence-electron chi connectivity index (χ1n) is 9.30. The molecule has 26 heavy (non-hydrogen) atoms. The summed E-state index contributed by atoms with van der Waals surface area (Å²) in [5.74, 6) is 1.27. The summed E-state index contributed by atoms with van der Waals surface area (Å²) in [6.07, 6.45) is 6.02. The average molecular weight is 362 g/mol. The summed E-state index contributed by atoms with van der Waals surface area (Å²) in [7, 11) is 3.15. The smallest absolute Gasteiger partial charge is 0.224 e. The van der Waals surface area contributed by atoms with Crippen LogP contribution in [-0.2, 0) is 16.0 Å². The van der Waals surface area contributed by atoms with E-state index in [0.717, 1.165) is 18.4 Å². The third-order valence-electron chi connectivity index (χ3n) is 4.91. The van der Waals surface area contributed by atoms with Crippen LogP contribution in [0, 0.1) is 0 Å². The lowest BCUT2D eigenvalue weighted by atomic mass is 9.94. The van der Waals surface area contributed by atoms with Crippen molar-refractivity contribution >= 4 is 11.8 Å². The molecular formula is C20H30N2O4. The summed E-state index contributed by atoms with van der Waals surface area (Å²) in [6, 6.07) is 5.78. The van der Waals surface area contributed by atoms with Gasteiger partial charge in [-0.05, 0) is 30.5 Å². The van der Waals surface area contributed by atoms with Crippen LogP contribution in [0.2, 0.25) is 0 Å². The van der Waals surface area contributed by atoms with Crippen LogP contribution in [0.15, 0.2) is 18.2 Å². The van der Waals surface area contributed by atoms with Crippen molar-refractivity contribution in [2.75, 3.05) is 27.3 Å². The topological polar surface area (TPSA) is 67.9 Å². The van der Waals surface area contributed by atoms with Gasteiger partial charge in [-0.15, -0.1) is 0 Å². The van der Waals surface area contributed by atoms with E-state index in [9.17, 15) is 9.59 Å². The van der Waals surface area contributed by atoms with Crippen LogP contribution in [-0.4, -0.2) is 50.1 Å². The van der Waals surface area contributed by atoms with Gasteiger partial charge >= 0.3 is 0 Å². The van der Waals surface area contributed by atoms with Gasteiger partial charge in [-0.2, -0.15) is 0 Å². The number of rotatable bonds is 8. The number of carbonyl (C=O) groups is 2. The summed E-state index contributed by atoms with van der Waals surface area (Å²) in [5, 5.41) is 2.92. The maximum Gasteiger partial charge on any atom is 0.224 e. The number of nitrogens with one attached hydrogen (secondary N) is 1. The normalized spacial score (nSPS) is 14.6. The van der Waals surface area contributed by atoms with E-state index in [1.807, 2.05) is 17.0 Å². The molecule has 6 nitrogen and oxygen atoms in total. The third kappa shape index (κ3) is 5.64. The monoisotopic (exact) mass is 362 g/mol. The predicted octanol–water partition coefficient (Wildman–Crippen LogP) is 2.54. The van der Waals surface area contributed by atoms with Gasteiger partial charge < -0.3 is 19.7 Å². The van der Waals surface area contributed by atoms with Crippen molar-refractivity contribution in [2.24, 2.45) is 0 Å². The fraction of sp³-hybridized carbons (Fsp3) is 0.600. The van der Waals surface area contributed by atoms with E-state index in [2.05, 4.69) is 5.32 Å². The first-order chi connectivity index (χ1) is 12.5. The van der Waals surface area contributed by atoms with Gasteiger partial charge in [0.1, 0.15) is 0 Å². The molecule has 0 heterocycles. The number of hydrogen-bond acceptors (Lipinski definition) is 4. The van der Waals surface area contributed by atoms with Gasteiger partial charge in [-0.25, -0.2) is 0 Å². The Labute approximate surface area is 155 Å². The van der Waals surface area contributed by atoms with Gasteiger partial charge in [0.2, 0.25) is 11.8 Å². The van der Waals surface area contributed by atoms with Gasteiger partial charge in [0, 0.05) is 26.1 Å². The van der Waals surface area contributed by atoms with Crippen molar-refractivity contribution < 1.29 is 19.1 Å². The molecular weight excluding hydrogens is 332 g/mol. The molecule has 0 atom stereocenters. The van der Waals surface area contributed by atoms with E-state index in [1.165, 1.54) is 19.3 Å². The van der Waals surface area contributed by atoms with Crippen molar-refractivity contribution in [3.05, 3.63) is 23.8 Å². The zero-order valence-electron chi connectivity index (χ0n) is 16.0. The fourth-order valence-electron chi connectivity index (χ4n) is 3.54. The highest BCUT2D eigenvalue weighted by atomic mass is 16.5. The molecule has 0 aromatic heterocycles. The fourth-order valence-corrected chi connectivity index (χ4v) is 3.54. The second kappa shape index (κ2) is 10.0. The van der Waals surface area contributed by atoms with Crippen molar-refractivity contribution in [3.63, 3.8) is 0 Å². The van der Waals surface area contributed by atoms with Crippen LogP contribution in [0.1, 0.15) is 44.6 Å². The van der Waals surface area contributed by atoms with E-state index in [1.54, 1.807) is 27.2 Å². The quantitative estimate of drug-likeness (QED) is 0.772. The lowest BCUT2D eigenvalue weighted by Crippen LogP contribution is -2.44. The Bertz CT molecular complexity index is 612. The first kappa shape index (κ1) is 20.1. The molecule has 1 N–H and O–H groups in total. The largest absolute Gasteiger partial charge is 0.493 e. The van der Waals surface area contributed by atoms with Gasteiger partial charge in [0.05, 0.1) is 20.6 Å². The number of carbonyl (C=O) groups excluding carboxylic acids is 2. The van der Waals surface area contributed by atoms with Crippen LogP contribution < -0.4 is 14.8 Å². The van der Waals surface area contributed by atoms with E-state index in [4.69, 9.17) is 9.47 Å². The predicted molar refractivity (Wildman–Crippen MR) is 101 cm³/mol. The van der Waals surface area contributed by atoms with Crippen molar-refractivity contribution in [1.29, 1.82) is 0 Å². The lowest BCUT2D eigenvalue weighted by Gasteiger charge is -2.33. The average Bonchev–Trinajstić information content (AvgIpc) is 2.65. The lowest BCUT2D eigenvalue weighted by molar-refractivity contribution is -0.132. The molecule has 0 aliphatic heterocycles. The Morgan fingerprint density at radius 1 is 1.12 bits per heavy atom. The summed E-state index contributed by atoms with van der Waals surface area (Å²) in [6.45, 7) is 2.65. The molecule has 1 aliphatic carbocycles. The van der Waals surface area contributed by atoms with Crippen LogP contribution >= 0.6 is 0 Å². The Balaban J connectivity index is 1.83. The number of hydrogen-bond donors (Lipinski definition) is 1. The molecule has 0 bridgehead atoms. The van der Waals surface area contributed by atoms with E-state index < -0.39 is 0 Å². The highest BCUT2D eigenvalue weighted by molar-refractivity contribution is 5.79.